The van der Waals surface area contributed by atoms with E-state index in [1.807, 2.05) is 27.7 Å². The summed E-state index contributed by atoms with van der Waals surface area (Å²) >= 11 is 0. The first-order chi connectivity index (χ1) is 4.29. The number of allylic oxidation sites excluding steroid dienone is 2. The Morgan fingerprint density at radius 1 is 1.33 bits per heavy atom. The Balaban J connectivity index is 0.000000291. The molecule has 1 aliphatic rings. The monoisotopic (exact) mass is 125 g/mol. The summed E-state index contributed by atoms with van der Waals surface area (Å²) in [6, 6.07) is 0. The Kier molecular flexibility index (Phi) is 4.02. The largest absolute Gasteiger partial charge is 0.263 e. The van der Waals surface area contributed by atoms with Gasteiger partial charge >= 0.3 is 0 Å². The van der Waals surface area contributed by atoms with Gasteiger partial charge in [-0.3, -0.25) is 4.99 Å². The second-order valence-electron chi connectivity index (χ2n) is 1.90. The van der Waals surface area contributed by atoms with Gasteiger partial charge in [-0.15, -0.1) is 0 Å². The van der Waals surface area contributed by atoms with Gasteiger partial charge in [0.05, 0.1) is 0 Å². The molecule has 1 nitrogen and oxygen atoms in total. The molecule has 52 valence electrons. The molecule has 0 unspecified atom stereocenters. The summed E-state index contributed by atoms with van der Waals surface area (Å²) in [6.45, 7) is 8.07. The fourth-order valence-electron chi connectivity index (χ4n) is 0.688. The van der Waals surface area contributed by atoms with Gasteiger partial charge in [-0.25, -0.2) is 0 Å². The molecule has 0 saturated heterocycles. The van der Waals surface area contributed by atoms with E-state index in [1.54, 1.807) is 0 Å². The zero-order valence-electron chi connectivity index (χ0n) is 6.73. The number of aliphatic imine (C=N–C) groups is 1. The Morgan fingerprint density at radius 2 is 1.89 bits per heavy atom. The zero-order chi connectivity index (χ0) is 7.28. The van der Waals surface area contributed by atoms with E-state index in [0.717, 1.165) is 12.1 Å². The first-order valence-corrected chi connectivity index (χ1v) is 3.50. The Hall–Kier alpha value is -0.590. The van der Waals surface area contributed by atoms with Crippen molar-refractivity contribution in [2.75, 3.05) is 0 Å². The van der Waals surface area contributed by atoms with E-state index in [9.17, 15) is 0 Å². The molecule has 0 fully saturated rings. The molecule has 0 saturated carbocycles. The van der Waals surface area contributed by atoms with E-state index < -0.39 is 0 Å². The van der Waals surface area contributed by atoms with Gasteiger partial charge in [-0.05, 0) is 13.8 Å². The minimum atomic E-state index is 1.06. The third-order valence-corrected chi connectivity index (χ3v) is 1.06. The second kappa shape index (κ2) is 4.30. The molecule has 1 heteroatoms. The Morgan fingerprint density at radius 3 is 2.00 bits per heavy atom. The third kappa shape index (κ3) is 3.07. The zero-order valence-corrected chi connectivity index (χ0v) is 6.73. The smallest absolute Gasteiger partial charge is 0.0336 e. The van der Waals surface area contributed by atoms with Crippen LogP contribution in [0.25, 0.3) is 0 Å². The van der Waals surface area contributed by atoms with Crippen LogP contribution >= 0.6 is 0 Å². The Labute approximate surface area is 57.5 Å². The molecule has 0 amide bonds. The molecule has 0 aromatic rings. The molecule has 0 radical (unpaired) electrons. The molecule has 0 bridgehead atoms. The average molecular weight is 125 g/mol. The van der Waals surface area contributed by atoms with Crippen LogP contribution in [0, 0.1) is 0 Å². The molecule has 1 rings (SSSR count). The fourth-order valence-corrected chi connectivity index (χ4v) is 0.688. The molecule has 0 atom stereocenters. The summed E-state index contributed by atoms with van der Waals surface area (Å²) in [7, 11) is 0. The van der Waals surface area contributed by atoms with E-state index in [0.29, 0.717) is 0 Å². The maximum absolute atomic E-state index is 4.17. The van der Waals surface area contributed by atoms with Crippen molar-refractivity contribution in [3.63, 3.8) is 0 Å². The summed E-state index contributed by atoms with van der Waals surface area (Å²) in [5.41, 5.74) is 2.40. The van der Waals surface area contributed by atoms with Crippen LogP contribution in [-0.2, 0) is 0 Å². The third-order valence-electron chi connectivity index (χ3n) is 1.06. The molecule has 0 aromatic heterocycles. The van der Waals surface area contributed by atoms with Gasteiger partial charge in [-0.1, -0.05) is 19.9 Å². The molecule has 0 N–H and O–H groups in total. The Bertz CT molecular complexity index is 132. The van der Waals surface area contributed by atoms with E-state index >= 15 is 0 Å². The van der Waals surface area contributed by atoms with E-state index in [-0.39, 0.29) is 0 Å². The lowest BCUT2D eigenvalue weighted by atomic mass is 10.3. The lowest BCUT2D eigenvalue weighted by molar-refractivity contribution is 1.33. The highest BCUT2D eigenvalue weighted by atomic mass is 14.8. The van der Waals surface area contributed by atoms with E-state index in [1.165, 1.54) is 5.71 Å². The normalized spacial score (nSPS) is 15.6. The molecule has 0 aromatic carbocycles. The summed E-state index contributed by atoms with van der Waals surface area (Å²) in [5, 5.41) is 0. The molecule has 9 heavy (non-hydrogen) atoms. The number of nitrogens with zero attached hydrogens (tertiary/aromatic N) is 1. The van der Waals surface area contributed by atoms with Crippen molar-refractivity contribution in [2.24, 2.45) is 4.99 Å². The fraction of sp³-hybridized carbons (Fsp3) is 0.625. The van der Waals surface area contributed by atoms with Crippen LogP contribution in [0.2, 0.25) is 0 Å². The molecular formula is C8H15N. The maximum Gasteiger partial charge on any atom is 0.0336 e. The van der Waals surface area contributed by atoms with Crippen LogP contribution in [0.1, 0.15) is 34.1 Å². The van der Waals surface area contributed by atoms with Crippen molar-refractivity contribution in [3.8, 4) is 0 Å². The molecule has 0 aliphatic carbocycles. The van der Waals surface area contributed by atoms with Crippen LogP contribution in [-0.4, -0.2) is 5.71 Å². The van der Waals surface area contributed by atoms with Gasteiger partial charge in [0.25, 0.3) is 0 Å². The van der Waals surface area contributed by atoms with Gasteiger partial charge in [0.15, 0.2) is 0 Å². The van der Waals surface area contributed by atoms with Gasteiger partial charge in [0, 0.05) is 17.8 Å². The first kappa shape index (κ1) is 8.41. The minimum Gasteiger partial charge on any atom is -0.263 e. The standard InChI is InChI=1S/C6H9N.C2H6/c1-5-3-4-6(2)7-5;1-2/h3H,4H2,1-2H3;1-2H3. The van der Waals surface area contributed by atoms with Crippen LogP contribution in [0.4, 0.5) is 0 Å². The quantitative estimate of drug-likeness (QED) is 0.472. The summed E-state index contributed by atoms with van der Waals surface area (Å²) in [6.07, 6.45) is 3.20. The summed E-state index contributed by atoms with van der Waals surface area (Å²) in [4.78, 5) is 4.17. The number of hydrogen-bond donors (Lipinski definition) is 0. The van der Waals surface area contributed by atoms with E-state index in [2.05, 4.69) is 11.1 Å². The minimum absolute atomic E-state index is 1.06. The number of rotatable bonds is 0. The first-order valence-electron chi connectivity index (χ1n) is 3.50. The highest BCUT2D eigenvalue weighted by Crippen LogP contribution is 2.07. The maximum atomic E-state index is 4.17. The number of hydrogen-bond acceptors (Lipinski definition) is 1. The molecule has 1 aliphatic heterocycles. The highest BCUT2D eigenvalue weighted by Gasteiger charge is 1.95. The van der Waals surface area contributed by atoms with Crippen LogP contribution in [0.5, 0.6) is 0 Å². The predicted molar refractivity (Wildman–Crippen MR) is 42.8 cm³/mol. The van der Waals surface area contributed by atoms with Crippen molar-refractivity contribution in [1.29, 1.82) is 0 Å². The van der Waals surface area contributed by atoms with Gasteiger partial charge in [0.1, 0.15) is 0 Å². The lowest BCUT2D eigenvalue weighted by Crippen LogP contribution is -1.78. The molecular weight excluding hydrogens is 110 g/mol. The van der Waals surface area contributed by atoms with Crippen molar-refractivity contribution < 1.29 is 0 Å². The van der Waals surface area contributed by atoms with Gasteiger partial charge in [-0.2, -0.15) is 0 Å². The topological polar surface area (TPSA) is 12.4 Å². The average Bonchev–Trinajstić information content (AvgIpc) is 2.20. The van der Waals surface area contributed by atoms with E-state index in [4.69, 9.17) is 0 Å². The second-order valence-corrected chi connectivity index (χ2v) is 1.90. The van der Waals surface area contributed by atoms with Crippen molar-refractivity contribution >= 4 is 5.71 Å². The van der Waals surface area contributed by atoms with Gasteiger partial charge in [0.2, 0.25) is 0 Å². The summed E-state index contributed by atoms with van der Waals surface area (Å²) < 4.78 is 0. The predicted octanol–water partition coefficient (Wildman–Crippen LogP) is 2.78. The van der Waals surface area contributed by atoms with Crippen molar-refractivity contribution in [3.05, 3.63) is 11.8 Å². The summed E-state index contributed by atoms with van der Waals surface area (Å²) in [5.74, 6) is 0. The van der Waals surface area contributed by atoms with Crippen LogP contribution in [0.3, 0.4) is 0 Å². The van der Waals surface area contributed by atoms with Crippen molar-refractivity contribution in [2.45, 2.75) is 34.1 Å². The van der Waals surface area contributed by atoms with Gasteiger partial charge < -0.3 is 0 Å². The lowest BCUT2D eigenvalue weighted by Gasteiger charge is -1.79. The highest BCUT2D eigenvalue weighted by molar-refractivity contribution is 5.86. The SMILES string of the molecule is CC.CC1=CCC(C)=N1. The van der Waals surface area contributed by atoms with Crippen LogP contribution in [0.15, 0.2) is 16.8 Å². The van der Waals surface area contributed by atoms with Crippen LogP contribution < -0.4 is 0 Å². The van der Waals surface area contributed by atoms with Crippen molar-refractivity contribution in [1.82, 2.24) is 0 Å². The molecule has 0 spiro atoms. The molecule has 1 heterocycles.